The quantitative estimate of drug-likeness (QED) is 0.461. The second-order valence-corrected chi connectivity index (χ2v) is 3.56. The molecular weight excluding hydrogens is 263 g/mol. The highest BCUT2D eigenvalue weighted by Crippen LogP contribution is 2.05. The van der Waals surface area contributed by atoms with Gasteiger partial charge in [-0.1, -0.05) is 12.6 Å². The van der Waals surface area contributed by atoms with Gasteiger partial charge in [-0.05, 0) is 35.6 Å². The highest BCUT2D eigenvalue weighted by atomic mass is 127. The molecule has 0 unspecified atom stereocenters. The summed E-state index contributed by atoms with van der Waals surface area (Å²) in [5, 5.41) is 0. The van der Waals surface area contributed by atoms with Crippen LogP contribution < -0.4 is 0 Å². The van der Waals surface area contributed by atoms with Crippen LogP contribution in [0.2, 0.25) is 0 Å². The van der Waals surface area contributed by atoms with Crippen molar-refractivity contribution in [3.8, 4) is 0 Å². The molecule has 0 aliphatic rings. The average Bonchev–Trinajstić information content (AvgIpc) is 2.03. The normalized spacial score (nSPS) is 10.5. The monoisotopic (exact) mass is 272 g/mol. The number of aromatic nitrogens is 1. The molecule has 1 aromatic rings. The van der Waals surface area contributed by atoms with E-state index in [1.54, 1.807) is 12.4 Å². The van der Waals surface area contributed by atoms with Crippen molar-refractivity contribution in [1.29, 1.82) is 0 Å². The number of pyridine rings is 1. The van der Waals surface area contributed by atoms with E-state index >= 15 is 0 Å². The first-order valence-electron chi connectivity index (χ1n) is 3.50. The summed E-state index contributed by atoms with van der Waals surface area (Å²) in [4.78, 5) is 8.22. The molecule has 1 heterocycles. The van der Waals surface area contributed by atoms with Crippen LogP contribution in [0.25, 0.3) is 0 Å². The third-order valence-electron chi connectivity index (χ3n) is 1.39. The Bertz CT molecular complexity index is 318. The largest absolute Gasteiger partial charge is 0.261 e. The Morgan fingerprint density at radius 1 is 1.75 bits per heavy atom. The summed E-state index contributed by atoms with van der Waals surface area (Å²) in [6.45, 7) is 5.62. The lowest BCUT2D eigenvalue weighted by atomic mass is 10.2. The number of aryl methyl sites for hydroxylation is 1. The van der Waals surface area contributed by atoms with Crippen molar-refractivity contribution < 1.29 is 0 Å². The van der Waals surface area contributed by atoms with Gasteiger partial charge in [-0.15, -0.1) is 0 Å². The zero-order valence-electron chi connectivity index (χ0n) is 6.79. The first-order valence-corrected chi connectivity index (χ1v) is 4.58. The standard InChI is InChI=1S/C9H9IN2/c1-7-9(4-3-5-11-7)6-12-8(2)10/h3-6H,2H2,1H3/b12-6-. The van der Waals surface area contributed by atoms with Crippen LogP contribution in [0.15, 0.2) is 33.6 Å². The molecule has 0 aliphatic carbocycles. The zero-order chi connectivity index (χ0) is 8.97. The van der Waals surface area contributed by atoms with Crippen LogP contribution in [0.5, 0.6) is 0 Å². The lowest BCUT2D eigenvalue weighted by Crippen LogP contribution is -1.88. The number of halogens is 1. The Labute approximate surface area is 85.6 Å². The summed E-state index contributed by atoms with van der Waals surface area (Å²) in [6.07, 6.45) is 3.54. The minimum atomic E-state index is 0.774. The Morgan fingerprint density at radius 2 is 2.50 bits per heavy atom. The zero-order valence-corrected chi connectivity index (χ0v) is 8.95. The molecule has 0 radical (unpaired) electrons. The third kappa shape index (κ3) is 2.73. The van der Waals surface area contributed by atoms with Crippen LogP contribution in [0.4, 0.5) is 0 Å². The summed E-state index contributed by atoms with van der Waals surface area (Å²) in [6, 6.07) is 3.87. The van der Waals surface area contributed by atoms with Gasteiger partial charge in [0.2, 0.25) is 0 Å². The van der Waals surface area contributed by atoms with Crippen LogP contribution in [-0.4, -0.2) is 11.2 Å². The lowest BCUT2D eigenvalue weighted by Gasteiger charge is -1.95. The molecule has 0 aromatic carbocycles. The number of nitrogens with zero attached hydrogens (tertiary/aromatic N) is 2. The number of hydrogen-bond acceptors (Lipinski definition) is 2. The van der Waals surface area contributed by atoms with Gasteiger partial charge in [0.05, 0.1) is 3.70 Å². The molecule has 62 valence electrons. The first-order chi connectivity index (χ1) is 5.70. The van der Waals surface area contributed by atoms with Gasteiger partial charge < -0.3 is 0 Å². The summed E-state index contributed by atoms with van der Waals surface area (Å²) in [5.41, 5.74) is 2.02. The van der Waals surface area contributed by atoms with Gasteiger partial charge in [-0.25, -0.2) is 0 Å². The molecule has 0 atom stereocenters. The van der Waals surface area contributed by atoms with Crippen LogP contribution >= 0.6 is 22.6 Å². The number of aliphatic imine (C=N–C) groups is 1. The maximum atomic E-state index is 4.13. The van der Waals surface area contributed by atoms with Crippen LogP contribution in [0.3, 0.4) is 0 Å². The van der Waals surface area contributed by atoms with Gasteiger partial charge in [-0.3, -0.25) is 9.98 Å². The molecule has 0 saturated heterocycles. The van der Waals surface area contributed by atoms with Crippen LogP contribution in [0, 0.1) is 6.92 Å². The third-order valence-corrected chi connectivity index (χ3v) is 1.67. The predicted octanol–water partition coefficient (Wildman–Crippen LogP) is 2.72. The van der Waals surface area contributed by atoms with Gasteiger partial charge in [0.15, 0.2) is 0 Å². The molecule has 1 rings (SSSR count). The Balaban J connectivity index is 2.89. The molecule has 1 aromatic heterocycles. The summed E-state index contributed by atoms with van der Waals surface area (Å²) in [7, 11) is 0. The molecule has 0 amide bonds. The van der Waals surface area contributed by atoms with Crippen LogP contribution in [-0.2, 0) is 0 Å². The van der Waals surface area contributed by atoms with Crippen molar-refractivity contribution >= 4 is 28.8 Å². The lowest BCUT2D eigenvalue weighted by molar-refractivity contribution is 1.19. The molecule has 12 heavy (non-hydrogen) atoms. The molecule has 2 nitrogen and oxygen atoms in total. The van der Waals surface area contributed by atoms with Crippen molar-refractivity contribution in [2.45, 2.75) is 6.92 Å². The van der Waals surface area contributed by atoms with E-state index in [4.69, 9.17) is 0 Å². The number of hydrogen-bond donors (Lipinski definition) is 0. The van der Waals surface area contributed by atoms with Crippen molar-refractivity contribution in [2.75, 3.05) is 0 Å². The molecule has 3 heteroatoms. The van der Waals surface area contributed by atoms with E-state index in [0.29, 0.717) is 0 Å². The van der Waals surface area contributed by atoms with E-state index in [9.17, 15) is 0 Å². The van der Waals surface area contributed by atoms with Crippen molar-refractivity contribution in [3.05, 3.63) is 39.9 Å². The minimum absolute atomic E-state index is 0.774. The van der Waals surface area contributed by atoms with E-state index in [0.717, 1.165) is 15.0 Å². The summed E-state index contributed by atoms with van der Waals surface area (Å²) in [5.74, 6) is 0. The van der Waals surface area contributed by atoms with Crippen LogP contribution in [0.1, 0.15) is 11.3 Å². The fraction of sp³-hybridized carbons (Fsp3) is 0.111. The van der Waals surface area contributed by atoms with Crippen molar-refractivity contribution in [1.82, 2.24) is 4.98 Å². The second-order valence-electron chi connectivity index (χ2n) is 2.31. The second kappa shape index (κ2) is 4.35. The smallest absolute Gasteiger partial charge is 0.0937 e. The molecule has 0 bridgehead atoms. The molecule has 0 aliphatic heterocycles. The topological polar surface area (TPSA) is 25.2 Å². The fourth-order valence-electron chi connectivity index (χ4n) is 0.773. The molecule has 0 fully saturated rings. The molecule has 0 saturated carbocycles. The number of rotatable bonds is 2. The predicted molar refractivity (Wildman–Crippen MR) is 59.7 cm³/mol. The van der Waals surface area contributed by atoms with Gasteiger partial charge >= 0.3 is 0 Å². The molecular formula is C9H9IN2. The van der Waals surface area contributed by atoms with E-state index in [1.165, 1.54) is 0 Å². The van der Waals surface area contributed by atoms with Gasteiger partial charge in [0.25, 0.3) is 0 Å². The maximum absolute atomic E-state index is 4.13. The highest BCUT2D eigenvalue weighted by molar-refractivity contribution is 14.1. The Hall–Kier alpha value is -0.710. The van der Waals surface area contributed by atoms with Gasteiger partial charge in [0.1, 0.15) is 0 Å². The SMILES string of the molecule is C=C(I)/N=C\c1cccnc1C. The first kappa shape index (κ1) is 9.38. The minimum Gasteiger partial charge on any atom is -0.261 e. The van der Waals surface area contributed by atoms with Crippen molar-refractivity contribution in [3.63, 3.8) is 0 Å². The Kier molecular flexibility index (Phi) is 3.40. The van der Waals surface area contributed by atoms with E-state index < -0.39 is 0 Å². The van der Waals surface area contributed by atoms with Crippen molar-refractivity contribution in [2.24, 2.45) is 4.99 Å². The highest BCUT2D eigenvalue weighted by Gasteiger charge is 1.92. The average molecular weight is 272 g/mol. The summed E-state index contributed by atoms with van der Waals surface area (Å²) >= 11 is 2.07. The van der Waals surface area contributed by atoms with Gasteiger partial charge in [-0.2, -0.15) is 0 Å². The van der Waals surface area contributed by atoms with E-state index in [-0.39, 0.29) is 0 Å². The van der Waals surface area contributed by atoms with Gasteiger partial charge in [0, 0.05) is 23.7 Å². The Morgan fingerprint density at radius 3 is 3.08 bits per heavy atom. The summed E-state index contributed by atoms with van der Waals surface area (Å²) < 4.78 is 0.774. The maximum Gasteiger partial charge on any atom is 0.0937 e. The van der Waals surface area contributed by atoms with E-state index in [1.807, 2.05) is 19.1 Å². The molecule has 0 N–H and O–H groups in total. The fourth-order valence-corrected chi connectivity index (χ4v) is 0.912. The van der Waals surface area contributed by atoms with E-state index in [2.05, 4.69) is 39.1 Å². The molecule has 0 spiro atoms.